The summed E-state index contributed by atoms with van der Waals surface area (Å²) >= 11 is 0. The Hall–Kier alpha value is -0.850. The number of aromatic nitrogens is 1. The summed E-state index contributed by atoms with van der Waals surface area (Å²) in [5, 5.41) is 3.18. The Morgan fingerprint density at radius 3 is 3.00 bits per heavy atom. The molecule has 0 aliphatic carbocycles. The van der Waals surface area contributed by atoms with Crippen molar-refractivity contribution in [2.45, 2.75) is 25.4 Å². The van der Waals surface area contributed by atoms with Gasteiger partial charge in [0.2, 0.25) is 10.0 Å². The van der Waals surface area contributed by atoms with Gasteiger partial charge in [-0.3, -0.25) is 0 Å². The van der Waals surface area contributed by atoms with Gasteiger partial charge in [-0.2, -0.15) is 0 Å². The number of hydrogen-bond donors (Lipinski definition) is 3. The SMILES string of the molecule is O=S(=O)(CC1CCCN1)NCc1cc[nH]c1. The van der Waals surface area contributed by atoms with Crippen molar-refractivity contribution in [2.75, 3.05) is 12.3 Å². The van der Waals surface area contributed by atoms with Crippen molar-refractivity contribution in [3.05, 3.63) is 24.0 Å². The Labute approximate surface area is 95.7 Å². The largest absolute Gasteiger partial charge is 0.367 e. The Morgan fingerprint density at radius 2 is 2.38 bits per heavy atom. The zero-order valence-electron chi connectivity index (χ0n) is 9.07. The molecule has 3 N–H and O–H groups in total. The summed E-state index contributed by atoms with van der Waals surface area (Å²) in [6, 6.07) is 1.97. The lowest BCUT2D eigenvalue weighted by Gasteiger charge is -2.11. The quantitative estimate of drug-likeness (QED) is 0.691. The first kappa shape index (κ1) is 11.6. The fourth-order valence-electron chi connectivity index (χ4n) is 1.88. The van der Waals surface area contributed by atoms with E-state index in [0.29, 0.717) is 6.54 Å². The van der Waals surface area contributed by atoms with Crippen molar-refractivity contribution < 1.29 is 8.42 Å². The molecule has 16 heavy (non-hydrogen) atoms. The van der Waals surface area contributed by atoms with Crippen LogP contribution in [-0.4, -0.2) is 31.7 Å². The molecule has 6 heteroatoms. The summed E-state index contributed by atoms with van der Waals surface area (Å²) in [6.45, 7) is 1.29. The van der Waals surface area contributed by atoms with Crippen molar-refractivity contribution in [2.24, 2.45) is 0 Å². The maximum absolute atomic E-state index is 11.7. The van der Waals surface area contributed by atoms with Gasteiger partial charge in [-0.25, -0.2) is 13.1 Å². The molecule has 0 aromatic carbocycles. The molecule has 1 saturated heterocycles. The van der Waals surface area contributed by atoms with E-state index >= 15 is 0 Å². The van der Waals surface area contributed by atoms with E-state index in [2.05, 4.69) is 15.0 Å². The Kier molecular flexibility index (Phi) is 3.63. The van der Waals surface area contributed by atoms with Crippen LogP contribution in [0.1, 0.15) is 18.4 Å². The van der Waals surface area contributed by atoms with Crippen LogP contribution in [0.25, 0.3) is 0 Å². The Bertz CT molecular complexity index is 407. The van der Waals surface area contributed by atoms with Crippen LogP contribution in [0.3, 0.4) is 0 Å². The highest BCUT2D eigenvalue weighted by Gasteiger charge is 2.21. The number of nitrogens with one attached hydrogen (secondary N) is 3. The second-order valence-electron chi connectivity index (χ2n) is 4.12. The highest BCUT2D eigenvalue weighted by Crippen LogP contribution is 2.07. The fourth-order valence-corrected chi connectivity index (χ4v) is 3.20. The molecule has 2 rings (SSSR count). The lowest BCUT2D eigenvalue weighted by molar-refractivity contribution is 0.563. The van der Waals surface area contributed by atoms with Crippen LogP contribution in [0.15, 0.2) is 18.5 Å². The van der Waals surface area contributed by atoms with Crippen LogP contribution < -0.4 is 10.0 Å². The maximum Gasteiger partial charge on any atom is 0.213 e. The molecule has 1 aromatic heterocycles. The Morgan fingerprint density at radius 1 is 1.50 bits per heavy atom. The van der Waals surface area contributed by atoms with E-state index in [1.54, 1.807) is 12.4 Å². The van der Waals surface area contributed by atoms with Gasteiger partial charge in [-0.15, -0.1) is 0 Å². The van der Waals surface area contributed by atoms with Crippen molar-refractivity contribution in [3.8, 4) is 0 Å². The van der Waals surface area contributed by atoms with Crippen LogP contribution in [0.2, 0.25) is 0 Å². The van der Waals surface area contributed by atoms with Crippen LogP contribution in [0.5, 0.6) is 0 Å². The lowest BCUT2D eigenvalue weighted by atomic mass is 10.3. The molecule has 1 aliphatic rings. The third-order valence-electron chi connectivity index (χ3n) is 2.74. The molecule has 1 fully saturated rings. The molecule has 1 atom stereocenters. The molecule has 0 amide bonds. The van der Waals surface area contributed by atoms with Gasteiger partial charge in [-0.05, 0) is 31.0 Å². The molecule has 1 aliphatic heterocycles. The van der Waals surface area contributed by atoms with Crippen molar-refractivity contribution in [3.63, 3.8) is 0 Å². The smallest absolute Gasteiger partial charge is 0.213 e. The molecule has 0 radical (unpaired) electrons. The fraction of sp³-hybridized carbons (Fsp3) is 0.600. The third kappa shape index (κ3) is 3.33. The van der Waals surface area contributed by atoms with Crippen LogP contribution >= 0.6 is 0 Å². The highest BCUT2D eigenvalue weighted by atomic mass is 32.2. The highest BCUT2D eigenvalue weighted by molar-refractivity contribution is 7.89. The van der Waals surface area contributed by atoms with Gasteiger partial charge in [0.25, 0.3) is 0 Å². The molecule has 0 spiro atoms. The minimum atomic E-state index is -3.17. The van der Waals surface area contributed by atoms with E-state index in [1.807, 2.05) is 6.07 Å². The van der Waals surface area contributed by atoms with E-state index in [9.17, 15) is 8.42 Å². The van der Waals surface area contributed by atoms with E-state index in [-0.39, 0.29) is 11.8 Å². The average molecular weight is 243 g/mol. The van der Waals surface area contributed by atoms with E-state index in [0.717, 1.165) is 24.9 Å². The molecule has 1 aromatic rings. The summed E-state index contributed by atoms with van der Waals surface area (Å²) in [6.07, 6.45) is 5.58. The summed E-state index contributed by atoms with van der Waals surface area (Å²) in [5.74, 6) is 0.178. The van der Waals surface area contributed by atoms with E-state index in [4.69, 9.17) is 0 Å². The van der Waals surface area contributed by atoms with Crippen molar-refractivity contribution in [1.82, 2.24) is 15.0 Å². The number of rotatable bonds is 5. The van der Waals surface area contributed by atoms with Gasteiger partial charge < -0.3 is 10.3 Å². The molecule has 5 nitrogen and oxygen atoms in total. The minimum absolute atomic E-state index is 0.115. The normalized spacial score (nSPS) is 21.4. The predicted molar refractivity (Wildman–Crippen MR) is 62.4 cm³/mol. The van der Waals surface area contributed by atoms with Crippen LogP contribution in [0, 0.1) is 0 Å². The van der Waals surface area contributed by atoms with Gasteiger partial charge in [0.05, 0.1) is 5.75 Å². The standard InChI is InChI=1S/C10H17N3O2S/c14-16(15,8-10-2-1-4-12-10)13-7-9-3-5-11-6-9/h3,5-6,10-13H,1-2,4,7-8H2. The summed E-state index contributed by atoms with van der Waals surface area (Å²) in [7, 11) is -3.17. The first-order valence-corrected chi connectivity index (χ1v) is 7.13. The van der Waals surface area contributed by atoms with Gasteiger partial charge >= 0.3 is 0 Å². The predicted octanol–water partition coefficient (Wildman–Crippen LogP) is 0.186. The van der Waals surface area contributed by atoms with E-state index < -0.39 is 10.0 Å². The topological polar surface area (TPSA) is 74.0 Å². The Balaban J connectivity index is 1.82. The molecular weight excluding hydrogens is 226 g/mol. The van der Waals surface area contributed by atoms with Gasteiger partial charge in [0.1, 0.15) is 0 Å². The van der Waals surface area contributed by atoms with Gasteiger partial charge in [0.15, 0.2) is 0 Å². The zero-order valence-corrected chi connectivity index (χ0v) is 9.89. The summed E-state index contributed by atoms with van der Waals surface area (Å²) < 4.78 is 26.0. The first-order chi connectivity index (χ1) is 7.66. The van der Waals surface area contributed by atoms with Crippen molar-refractivity contribution >= 4 is 10.0 Å². The van der Waals surface area contributed by atoms with Gasteiger partial charge in [0, 0.05) is 25.0 Å². The second kappa shape index (κ2) is 4.99. The molecule has 90 valence electrons. The molecule has 0 saturated carbocycles. The molecule has 1 unspecified atom stereocenters. The third-order valence-corrected chi connectivity index (χ3v) is 4.17. The summed E-state index contributed by atoms with van der Waals surface area (Å²) in [4.78, 5) is 2.89. The van der Waals surface area contributed by atoms with Crippen LogP contribution in [-0.2, 0) is 16.6 Å². The number of aromatic amines is 1. The monoisotopic (exact) mass is 243 g/mol. The average Bonchev–Trinajstić information content (AvgIpc) is 2.85. The number of sulfonamides is 1. The summed E-state index contributed by atoms with van der Waals surface area (Å²) in [5.41, 5.74) is 0.947. The number of hydrogen-bond acceptors (Lipinski definition) is 3. The molecule has 0 bridgehead atoms. The minimum Gasteiger partial charge on any atom is -0.367 e. The van der Waals surface area contributed by atoms with Crippen LogP contribution in [0.4, 0.5) is 0 Å². The van der Waals surface area contributed by atoms with Gasteiger partial charge in [-0.1, -0.05) is 0 Å². The maximum atomic E-state index is 11.7. The van der Waals surface area contributed by atoms with E-state index in [1.165, 1.54) is 0 Å². The lowest BCUT2D eigenvalue weighted by Crippen LogP contribution is -2.36. The zero-order chi connectivity index (χ0) is 11.4. The number of H-pyrrole nitrogens is 1. The first-order valence-electron chi connectivity index (χ1n) is 5.48. The molecular formula is C10H17N3O2S. The second-order valence-corrected chi connectivity index (χ2v) is 5.97. The van der Waals surface area contributed by atoms with Crippen molar-refractivity contribution in [1.29, 1.82) is 0 Å². The molecule has 2 heterocycles.